The Kier molecular flexibility index (Phi) is 3.80. The van der Waals surface area contributed by atoms with Crippen molar-refractivity contribution >= 4 is 23.1 Å². The number of nitro groups is 1. The molecule has 1 aliphatic carbocycles. The topological polar surface area (TPSA) is 152 Å². The highest BCUT2D eigenvalue weighted by atomic mass is 16.8. The molecule has 0 amide bonds. The van der Waals surface area contributed by atoms with Crippen LogP contribution in [-0.4, -0.2) is 31.6 Å². The Hall–Kier alpha value is -4.67. The maximum Gasteiger partial charge on any atom is 0.368 e. The fraction of sp³-hybridized carbons (Fsp3) is 0.0500. The number of carbonyl (C=O) groups is 1. The van der Waals surface area contributed by atoms with Crippen molar-refractivity contribution in [2.75, 3.05) is 0 Å². The molecule has 3 aromatic rings. The summed E-state index contributed by atoms with van der Waals surface area (Å²) in [6, 6.07) is 13.6. The number of pyridine rings is 1. The highest BCUT2D eigenvalue weighted by Crippen LogP contribution is 2.42. The zero-order chi connectivity index (χ0) is 21.8. The first kappa shape index (κ1) is 18.4. The number of nitrogens with zero attached hydrogens (tertiary/aromatic N) is 5. The summed E-state index contributed by atoms with van der Waals surface area (Å²) in [6.45, 7) is 0. The summed E-state index contributed by atoms with van der Waals surface area (Å²) in [4.78, 5) is 24.5. The monoisotopic (exact) mass is 417 g/mol. The lowest BCUT2D eigenvalue weighted by Gasteiger charge is -2.29. The molecule has 1 unspecified atom stereocenters. The molecule has 0 N–H and O–H groups in total. The fourth-order valence-corrected chi connectivity index (χ4v) is 4.03. The molecule has 1 aromatic carbocycles. The van der Waals surface area contributed by atoms with Gasteiger partial charge in [0.1, 0.15) is 0 Å². The predicted molar refractivity (Wildman–Crippen MR) is 104 cm³/mol. The summed E-state index contributed by atoms with van der Waals surface area (Å²) in [5.74, 6) is -0.676. The minimum Gasteiger partial charge on any atom is -0.612 e. The van der Waals surface area contributed by atoms with Crippen LogP contribution >= 0.6 is 0 Å². The second-order valence-electron chi connectivity index (χ2n) is 6.85. The first-order chi connectivity index (χ1) is 15.0. The number of Topliss-reactive ketones (excluding diaryl/α,β-unsaturated/α-hetero) is 1. The highest BCUT2D eigenvalue weighted by molar-refractivity contribution is 6.31. The molecule has 1 atom stereocenters. The first-order valence-corrected chi connectivity index (χ1v) is 9.00. The Morgan fingerprint density at radius 1 is 0.968 bits per heavy atom. The van der Waals surface area contributed by atoms with E-state index in [1.165, 1.54) is 10.8 Å². The maximum atomic E-state index is 14.0. The van der Waals surface area contributed by atoms with Crippen LogP contribution in [0.4, 0.5) is 0 Å². The molecule has 11 nitrogen and oxygen atoms in total. The SMILES string of the molecule is O=C1C(c2ccccc2)=Cc2cccc[n+]2C12C([N+](=O)[O-])=CC(=[N+]([O-])[O-])c1nonc12. The summed E-state index contributed by atoms with van der Waals surface area (Å²) >= 11 is 0. The summed E-state index contributed by atoms with van der Waals surface area (Å²) in [5, 5.41) is 42.6. The van der Waals surface area contributed by atoms with Gasteiger partial charge in [-0.25, -0.2) is 4.63 Å². The molecular weight excluding hydrogens is 406 g/mol. The van der Waals surface area contributed by atoms with Crippen molar-refractivity contribution in [1.82, 2.24) is 10.3 Å². The van der Waals surface area contributed by atoms with Crippen molar-refractivity contribution in [3.05, 3.63) is 110 Å². The van der Waals surface area contributed by atoms with Crippen LogP contribution in [0.25, 0.3) is 11.6 Å². The molecule has 1 aliphatic heterocycles. The van der Waals surface area contributed by atoms with Gasteiger partial charge in [0.15, 0.2) is 6.20 Å². The number of fused-ring (bicyclic) bond motifs is 4. The molecule has 152 valence electrons. The quantitative estimate of drug-likeness (QED) is 0.261. The molecule has 0 bridgehead atoms. The number of hydrogen-bond donors (Lipinski definition) is 0. The van der Waals surface area contributed by atoms with Crippen LogP contribution in [0.5, 0.6) is 0 Å². The third-order valence-electron chi connectivity index (χ3n) is 5.31. The molecule has 2 aromatic heterocycles. The lowest BCUT2D eigenvalue weighted by Crippen LogP contribution is -2.68. The van der Waals surface area contributed by atoms with Gasteiger partial charge in [0.05, 0.1) is 11.0 Å². The zero-order valence-electron chi connectivity index (χ0n) is 15.5. The number of benzene rings is 1. The Balaban J connectivity index is 1.93. The van der Waals surface area contributed by atoms with E-state index in [0.717, 1.165) is 6.08 Å². The van der Waals surface area contributed by atoms with E-state index < -0.39 is 32.6 Å². The van der Waals surface area contributed by atoms with Crippen LogP contribution in [-0.2, 0) is 10.3 Å². The van der Waals surface area contributed by atoms with Gasteiger partial charge in [0, 0.05) is 23.8 Å². The fourth-order valence-electron chi connectivity index (χ4n) is 4.03. The van der Waals surface area contributed by atoms with Gasteiger partial charge in [0.25, 0.3) is 11.5 Å². The molecule has 3 heterocycles. The minimum absolute atomic E-state index is 0.193. The Bertz CT molecular complexity index is 1350. The summed E-state index contributed by atoms with van der Waals surface area (Å²) in [6.07, 6.45) is 3.85. The minimum atomic E-state index is -2.13. The summed E-state index contributed by atoms with van der Waals surface area (Å²) < 4.78 is 6.11. The van der Waals surface area contributed by atoms with Crippen molar-refractivity contribution in [2.45, 2.75) is 5.54 Å². The third-order valence-corrected chi connectivity index (χ3v) is 5.31. The molecule has 0 radical (unpaired) electrons. The van der Waals surface area contributed by atoms with Crippen molar-refractivity contribution in [2.24, 2.45) is 0 Å². The van der Waals surface area contributed by atoms with E-state index in [1.54, 1.807) is 54.6 Å². The Morgan fingerprint density at radius 3 is 2.42 bits per heavy atom. The van der Waals surface area contributed by atoms with E-state index in [0.29, 0.717) is 11.3 Å². The van der Waals surface area contributed by atoms with E-state index in [1.807, 2.05) is 0 Å². The normalized spacial score (nSPS) is 19.4. The summed E-state index contributed by atoms with van der Waals surface area (Å²) in [7, 11) is 0. The van der Waals surface area contributed by atoms with Gasteiger partial charge >= 0.3 is 11.2 Å². The summed E-state index contributed by atoms with van der Waals surface area (Å²) in [5.41, 5.74) is -2.97. The second kappa shape index (κ2) is 6.42. The number of ketones is 1. The molecule has 31 heavy (non-hydrogen) atoms. The first-order valence-electron chi connectivity index (χ1n) is 9.00. The van der Waals surface area contributed by atoms with Crippen molar-refractivity contribution in [1.29, 1.82) is 0 Å². The predicted octanol–water partition coefficient (Wildman–Crippen LogP) is 1.20. The van der Waals surface area contributed by atoms with E-state index in [4.69, 9.17) is 4.63 Å². The Morgan fingerprint density at radius 2 is 1.71 bits per heavy atom. The van der Waals surface area contributed by atoms with Crippen LogP contribution in [0, 0.1) is 20.5 Å². The van der Waals surface area contributed by atoms with Crippen LogP contribution in [0.3, 0.4) is 0 Å². The molecule has 2 aliphatic rings. The molecule has 11 heteroatoms. The third kappa shape index (κ3) is 2.37. The number of carbonyl (C=O) groups excluding carboxylic acids is 1. The van der Waals surface area contributed by atoms with Crippen LogP contribution in [0.1, 0.15) is 22.6 Å². The molecule has 0 saturated heterocycles. The van der Waals surface area contributed by atoms with Crippen LogP contribution in [0.15, 0.2) is 71.1 Å². The number of hydrogen-bond acceptors (Lipinski definition) is 8. The van der Waals surface area contributed by atoms with Gasteiger partial charge in [-0.05, 0) is 21.9 Å². The van der Waals surface area contributed by atoms with E-state index in [9.17, 15) is 25.3 Å². The number of allylic oxidation sites excluding steroid dienone is 3. The van der Waals surface area contributed by atoms with Crippen LogP contribution < -0.4 is 4.57 Å². The molecular formula is C20H11N5O6. The lowest BCUT2D eigenvalue weighted by molar-refractivity contribution is -0.747. The molecule has 0 saturated carbocycles. The average molecular weight is 417 g/mol. The standard InChI is InChI=1S/C20H11N5O6/c26-19-14(12-6-2-1-3-7-12)10-13-8-4-5-9-23(13)20(19)16(25(29)30)11-15(24(27)28)17-18(20)22-31-21-17/h1-11H. The van der Waals surface area contributed by atoms with Gasteiger partial charge in [-0.1, -0.05) is 30.3 Å². The van der Waals surface area contributed by atoms with Gasteiger partial charge in [-0.2, -0.15) is 9.47 Å². The highest BCUT2D eigenvalue weighted by Gasteiger charge is 2.69. The maximum absolute atomic E-state index is 14.0. The van der Waals surface area contributed by atoms with Gasteiger partial charge in [-0.3, -0.25) is 14.9 Å². The van der Waals surface area contributed by atoms with E-state index >= 15 is 0 Å². The van der Waals surface area contributed by atoms with Crippen molar-refractivity contribution < 1.29 is 23.8 Å². The second-order valence-corrected chi connectivity index (χ2v) is 6.85. The van der Waals surface area contributed by atoms with Crippen molar-refractivity contribution in [3.8, 4) is 0 Å². The van der Waals surface area contributed by atoms with Crippen molar-refractivity contribution in [3.63, 3.8) is 0 Å². The van der Waals surface area contributed by atoms with E-state index in [2.05, 4.69) is 10.3 Å². The molecule has 1 spiro atoms. The lowest BCUT2D eigenvalue weighted by atomic mass is 9.74. The van der Waals surface area contributed by atoms with Gasteiger partial charge < -0.3 is 10.4 Å². The Labute approximate surface area is 173 Å². The van der Waals surface area contributed by atoms with Crippen LogP contribution in [0.2, 0.25) is 0 Å². The number of rotatable bonds is 2. The molecule has 0 fully saturated rings. The van der Waals surface area contributed by atoms with Gasteiger partial charge in [0.2, 0.25) is 17.1 Å². The zero-order valence-corrected chi connectivity index (χ0v) is 15.5. The number of aromatic nitrogens is 3. The smallest absolute Gasteiger partial charge is 0.368 e. The molecule has 5 rings (SSSR count). The van der Waals surface area contributed by atoms with Gasteiger partial charge in [-0.15, -0.1) is 0 Å². The largest absolute Gasteiger partial charge is 0.612 e. The van der Waals surface area contributed by atoms with E-state index in [-0.39, 0.29) is 17.0 Å². The average Bonchev–Trinajstić information content (AvgIpc) is 3.26.